The van der Waals surface area contributed by atoms with Crippen LogP contribution in [-0.2, 0) is 11.2 Å². The van der Waals surface area contributed by atoms with Crippen molar-refractivity contribution in [3.05, 3.63) is 39.7 Å². The van der Waals surface area contributed by atoms with Crippen molar-refractivity contribution in [2.75, 3.05) is 10.6 Å². The fourth-order valence-electron chi connectivity index (χ4n) is 2.68. The fraction of sp³-hybridized carbons (Fsp3) is 0.250. The van der Waals surface area contributed by atoms with Crippen LogP contribution >= 0.6 is 11.6 Å². The molecule has 0 saturated heterocycles. The SMILES string of the molecule is CC(C)c1[nH]nc(C(N)=O)c1NC(=O)c1cc2c(cc1Cl)NC(=O)C2. The molecule has 130 valence electrons. The van der Waals surface area contributed by atoms with E-state index in [9.17, 15) is 14.4 Å². The minimum Gasteiger partial charge on any atom is -0.364 e. The molecule has 3 rings (SSSR count). The van der Waals surface area contributed by atoms with Crippen molar-refractivity contribution in [2.24, 2.45) is 5.73 Å². The predicted molar refractivity (Wildman–Crippen MR) is 92.9 cm³/mol. The Kier molecular flexibility index (Phi) is 4.22. The van der Waals surface area contributed by atoms with Crippen LogP contribution in [0.1, 0.15) is 51.9 Å². The monoisotopic (exact) mass is 361 g/mol. The van der Waals surface area contributed by atoms with E-state index in [4.69, 9.17) is 17.3 Å². The molecule has 1 aromatic carbocycles. The van der Waals surface area contributed by atoms with E-state index in [1.807, 2.05) is 13.8 Å². The Morgan fingerprint density at radius 2 is 2.08 bits per heavy atom. The molecule has 0 unspecified atom stereocenters. The number of hydrogen-bond donors (Lipinski definition) is 4. The molecule has 3 amide bonds. The number of primary amides is 1. The number of carbonyl (C=O) groups is 3. The molecule has 0 bridgehead atoms. The normalized spacial score (nSPS) is 12.9. The van der Waals surface area contributed by atoms with Gasteiger partial charge in [-0.05, 0) is 23.6 Å². The summed E-state index contributed by atoms with van der Waals surface area (Å²) in [6.07, 6.45) is 0.183. The molecule has 0 atom stereocenters. The lowest BCUT2D eigenvalue weighted by molar-refractivity contribution is -0.115. The number of aromatic nitrogens is 2. The second-order valence-corrected chi connectivity index (χ2v) is 6.46. The van der Waals surface area contributed by atoms with Crippen molar-refractivity contribution < 1.29 is 14.4 Å². The summed E-state index contributed by atoms with van der Waals surface area (Å²) in [6.45, 7) is 3.77. The van der Waals surface area contributed by atoms with Crippen molar-refractivity contribution >= 4 is 40.7 Å². The zero-order valence-electron chi connectivity index (χ0n) is 13.6. The number of fused-ring (bicyclic) bond motifs is 1. The average Bonchev–Trinajstić information content (AvgIpc) is 3.08. The van der Waals surface area contributed by atoms with E-state index in [-0.39, 0.29) is 40.2 Å². The molecule has 1 aromatic heterocycles. The van der Waals surface area contributed by atoms with Crippen LogP contribution in [0.3, 0.4) is 0 Å². The van der Waals surface area contributed by atoms with Crippen LogP contribution in [0.5, 0.6) is 0 Å². The number of anilines is 2. The summed E-state index contributed by atoms with van der Waals surface area (Å²) in [7, 11) is 0. The number of nitrogens with zero attached hydrogens (tertiary/aromatic N) is 1. The van der Waals surface area contributed by atoms with Gasteiger partial charge in [0.05, 0.1) is 28.4 Å². The van der Waals surface area contributed by atoms with Crippen molar-refractivity contribution in [2.45, 2.75) is 26.2 Å². The van der Waals surface area contributed by atoms with Gasteiger partial charge in [0.1, 0.15) is 0 Å². The number of nitrogens with one attached hydrogen (secondary N) is 3. The highest BCUT2D eigenvalue weighted by Crippen LogP contribution is 2.31. The number of benzene rings is 1. The van der Waals surface area contributed by atoms with Crippen molar-refractivity contribution in [1.29, 1.82) is 0 Å². The Balaban J connectivity index is 1.96. The summed E-state index contributed by atoms with van der Waals surface area (Å²) in [5.41, 5.74) is 7.56. The first-order valence-corrected chi connectivity index (χ1v) is 7.97. The van der Waals surface area contributed by atoms with Crippen molar-refractivity contribution in [1.82, 2.24) is 10.2 Å². The summed E-state index contributed by atoms with van der Waals surface area (Å²) < 4.78 is 0. The van der Waals surface area contributed by atoms with E-state index in [1.54, 1.807) is 6.07 Å². The Morgan fingerprint density at radius 3 is 2.72 bits per heavy atom. The van der Waals surface area contributed by atoms with E-state index in [0.29, 0.717) is 16.9 Å². The number of rotatable bonds is 4. The highest BCUT2D eigenvalue weighted by molar-refractivity contribution is 6.35. The number of halogens is 1. The average molecular weight is 362 g/mol. The maximum Gasteiger partial charge on any atom is 0.271 e. The number of amides is 3. The molecule has 0 fully saturated rings. The van der Waals surface area contributed by atoms with Gasteiger partial charge in [0.15, 0.2) is 5.69 Å². The second-order valence-electron chi connectivity index (χ2n) is 6.05. The van der Waals surface area contributed by atoms with Crippen LogP contribution in [0.25, 0.3) is 0 Å². The van der Waals surface area contributed by atoms with Gasteiger partial charge in [-0.3, -0.25) is 19.5 Å². The van der Waals surface area contributed by atoms with E-state index >= 15 is 0 Å². The van der Waals surface area contributed by atoms with E-state index in [2.05, 4.69) is 20.8 Å². The highest BCUT2D eigenvalue weighted by atomic mass is 35.5. The molecule has 0 aliphatic carbocycles. The standard InChI is InChI=1S/C16H16ClN5O3/c1-6(2)12-13(14(15(18)24)22-21-12)20-16(25)8-3-7-4-11(23)19-10(7)5-9(8)17/h3,5-6H,4H2,1-2H3,(H2,18,24)(H,19,23)(H,20,25)(H,21,22). The number of carbonyl (C=O) groups excluding carboxylic acids is 3. The van der Waals surface area contributed by atoms with E-state index in [1.165, 1.54) is 6.07 Å². The van der Waals surface area contributed by atoms with Gasteiger partial charge >= 0.3 is 0 Å². The van der Waals surface area contributed by atoms with Gasteiger partial charge in [0.25, 0.3) is 11.8 Å². The number of aromatic amines is 1. The van der Waals surface area contributed by atoms with Crippen LogP contribution in [-0.4, -0.2) is 27.9 Å². The summed E-state index contributed by atoms with van der Waals surface area (Å²) in [6, 6.07) is 3.09. The molecule has 1 aliphatic rings. The van der Waals surface area contributed by atoms with Gasteiger partial charge in [0, 0.05) is 5.69 Å². The molecule has 2 aromatic rings. The molecule has 0 saturated carbocycles. The Bertz CT molecular complexity index is 903. The maximum absolute atomic E-state index is 12.7. The summed E-state index contributed by atoms with van der Waals surface area (Å²) in [5.74, 6) is -1.45. The predicted octanol–water partition coefficient (Wildman–Crippen LogP) is 2.03. The Labute approximate surface area is 148 Å². The first kappa shape index (κ1) is 17.0. The van der Waals surface area contributed by atoms with Gasteiger partial charge in [0.2, 0.25) is 5.91 Å². The number of hydrogen-bond acceptors (Lipinski definition) is 4. The van der Waals surface area contributed by atoms with Crippen LogP contribution in [0.4, 0.5) is 11.4 Å². The van der Waals surface area contributed by atoms with Gasteiger partial charge in [-0.1, -0.05) is 25.4 Å². The number of H-pyrrole nitrogens is 1. The summed E-state index contributed by atoms with van der Waals surface area (Å²) in [5, 5.41) is 12.1. The first-order chi connectivity index (χ1) is 11.8. The Hall–Kier alpha value is -2.87. The Morgan fingerprint density at radius 1 is 1.36 bits per heavy atom. The van der Waals surface area contributed by atoms with Crippen molar-refractivity contribution in [3.63, 3.8) is 0 Å². The molecule has 0 radical (unpaired) electrons. The summed E-state index contributed by atoms with van der Waals surface area (Å²) >= 11 is 6.17. The van der Waals surface area contributed by atoms with Crippen LogP contribution < -0.4 is 16.4 Å². The maximum atomic E-state index is 12.7. The van der Waals surface area contributed by atoms with Gasteiger partial charge in [-0.15, -0.1) is 0 Å². The lowest BCUT2D eigenvalue weighted by atomic mass is 10.1. The van der Waals surface area contributed by atoms with Gasteiger partial charge < -0.3 is 16.4 Å². The molecule has 2 heterocycles. The van der Waals surface area contributed by atoms with E-state index in [0.717, 1.165) is 0 Å². The zero-order valence-corrected chi connectivity index (χ0v) is 14.3. The highest BCUT2D eigenvalue weighted by Gasteiger charge is 2.25. The van der Waals surface area contributed by atoms with Crippen molar-refractivity contribution in [3.8, 4) is 0 Å². The number of nitrogens with two attached hydrogens (primary N) is 1. The minimum absolute atomic E-state index is 0.0202. The third kappa shape index (κ3) is 3.08. The zero-order chi connectivity index (χ0) is 18.3. The third-order valence-corrected chi connectivity index (χ3v) is 4.22. The molecule has 9 heteroatoms. The van der Waals surface area contributed by atoms with E-state index < -0.39 is 11.8 Å². The molecule has 8 nitrogen and oxygen atoms in total. The topological polar surface area (TPSA) is 130 Å². The van der Waals surface area contributed by atoms with Gasteiger partial charge in [-0.2, -0.15) is 5.10 Å². The lowest BCUT2D eigenvalue weighted by Gasteiger charge is -2.11. The molecule has 5 N–H and O–H groups in total. The first-order valence-electron chi connectivity index (χ1n) is 7.59. The molecule has 0 spiro atoms. The fourth-order valence-corrected chi connectivity index (χ4v) is 2.93. The molecular weight excluding hydrogens is 346 g/mol. The van der Waals surface area contributed by atoms with Crippen LogP contribution in [0, 0.1) is 0 Å². The smallest absolute Gasteiger partial charge is 0.271 e. The molecule has 25 heavy (non-hydrogen) atoms. The third-order valence-electron chi connectivity index (χ3n) is 3.91. The minimum atomic E-state index is -0.756. The largest absolute Gasteiger partial charge is 0.364 e. The van der Waals surface area contributed by atoms with Gasteiger partial charge in [-0.25, -0.2) is 0 Å². The molecular formula is C16H16ClN5O3. The molecule has 1 aliphatic heterocycles. The lowest BCUT2D eigenvalue weighted by Crippen LogP contribution is -2.19. The summed E-state index contributed by atoms with van der Waals surface area (Å²) in [4.78, 5) is 35.7. The quantitative estimate of drug-likeness (QED) is 0.663. The second kappa shape index (κ2) is 6.21. The van der Waals surface area contributed by atoms with Crippen LogP contribution in [0.2, 0.25) is 5.02 Å². The van der Waals surface area contributed by atoms with Crippen LogP contribution in [0.15, 0.2) is 12.1 Å².